The van der Waals surface area contributed by atoms with Crippen molar-refractivity contribution >= 4 is 28.9 Å². The SMILES string of the molecule is C[C@@H](Oc1cc(-c2cnn(C3CCN(C(C)(C)C)CC3)c2)ccc1N)c1c(Cl)ccc(F)c1Cl. The van der Waals surface area contributed by atoms with Gasteiger partial charge in [-0.2, -0.15) is 5.10 Å². The van der Waals surface area contributed by atoms with Crippen molar-refractivity contribution < 1.29 is 9.13 Å². The molecule has 34 heavy (non-hydrogen) atoms. The molecule has 0 unspecified atom stereocenters. The Bertz CT molecular complexity index is 1170. The number of nitrogen functional groups attached to an aromatic ring is 1. The third-order valence-corrected chi connectivity index (χ3v) is 7.24. The van der Waals surface area contributed by atoms with Gasteiger partial charge < -0.3 is 10.5 Å². The molecular weight excluding hydrogens is 474 g/mol. The molecule has 4 rings (SSSR count). The van der Waals surface area contributed by atoms with Crippen molar-refractivity contribution in [2.75, 3.05) is 18.8 Å². The molecule has 1 aromatic heterocycles. The van der Waals surface area contributed by atoms with E-state index in [9.17, 15) is 4.39 Å². The van der Waals surface area contributed by atoms with Crippen molar-refractivity contribution in [2.24, 2.45) is 0 Å². The Morgan fingerprint density at radius 3 is 2.50 bits per heavy atom. The minimum absolute atomic E-state index is 0.0477. The lowest BCUT2D eigenvalue weighted by Crippen LogP contribution is -2.46. The van der Waals surface area contributed by atoms with Gasteiger partial charge in [0.05, 0.1) is 22.9 Å². The fourth-order valence-corrected chi connectivity index (χ4v) is 5.15. The van der Waals surface area contributed by atoms with Crippen LogP contribution in [-0.4, -0.2) is 33.3 Å². The van der Waals surface area contributed by atoms with Crippen molar-refractivity contribution in [3.05, 3.63) is 64.2 Å². The minimum Gasteiger partial charge on any atom is -0.484 e. The van der Waals surface area contributed by atoms with Crippen LogP contribution in [0.4, 0.5) is 10.1 Å². The van der Waals surface area contributed by atoms with Gasteiger partial charge in [0.2, 0.25) is 0 Å². The number of hydrogen-bond acceptors (Lipinski definition) is 4. The molecule has 0 aliphatic carbocycles. The zero-order valence-electron chi connectivity index (χ0n) is 20.0. The van der Waals surface area contributed by atoms with Gasteiger partial charge in [-0.1, -0.05) is 29.3 Å². The topological polar surface area (TPSA) is 56.3 Å². The second kappa shape index (κ2) is 9.76. The molecule has 2 heterocycles. The van der Waals surface area contributed by atoms with Crippen LogP contribution in [0.15, 0.2) is 42.7 Å². The first-order valence-corrected chi connectivity index (χ1v) is 12.3. The number of likely N-dealkylation sites (tertiary alicyclic amines) is 1. The van der Waals surface area contributed by atoms with Crippen LogP contribution in [0.5, 0.6) is 5.75 Å². The van der Waals surface area contributed by atoms with E-state index >= 15 is 0 Å². The Morgan fingerprint density at radius 2 is 1.82 bits per heavy atom. The summed E-state index contributed by atoms with van der Waals surface area (Å²) in [6, 6.07) is 8.70. The van der Waals surface area contributed by atoms with Crippen LogP contribution in [-0.2, 0) is 0 Å². The number of halogens is 3. The van der Waals surface area contributed by atoms with E-state index in [1.807, 2.05) is 18.3 Å². The predicted octanol–water partition coefficient (Wildman–Crippen LogP) is 7.15. The quantitative estimate of drug-likeness (QED) is 0.296. The highest BCUT2D eigenvalue weighted by Crippen LogP contribution is 2.38. The molecule has 1 aliphatic heterocycles. The number of hydrogen-bond donors (Lipinski definition) is 1. The number of anilines is 1. The first-order valence-electron chi connectivity index (χ1n) is 11.5. The smallest absolute Gasteiger partial charge is 0.143 e. The van der Waals surface area contributed by atoms with Crippen LogP contribution in [0.1, 0.15) is 58.2 Å². The number of nitrogens with two attached hydrogens (primary N) is 1. The molecule has 0 spiro atoms. The summed E-state index contributed by atoms with van der Waals surface area (Å²) in [6.07, 6.45) is 5.50. The summed E-state index contributed by atoms with van der Waals surface area (Å²) < 4.78 is 22.1. The molecular formula is C26H31Cl2FN4O. The molecule has 2 aromatic carbocycles. The van der Waals surface area contributed by atoms with Crippen LogP contribution >= 0.6 is 23.2 Å². The average molecular weight is 505 g/mol. The number of ether oxygens (including phenoxy) is 1. The lowest BCUT2D eigenvalue weighted by molar-refractivity contribution is 0.0870. The molecule has 8 heteroatoms. The van der Waals surface area contributed by atoms with E-state index in [0.29, 0.717) is 28.1 Å². The van der Waals surface area contributed by atoms with E-state index in [-0.39, 0.29) is 10.6 Å². The minimum atomic E-state index is -0.594. The molecule has 1 aliphatic rings. The van der Waals surface area contributed by atoms with Crippen LogP contribution in [0.3, 0.4) is 0 Å². The lowest BCUT2D eigenvalue weighted by atomic mass is 9.98. The molecule has 0 radical (unpaired) electrons. The fraction of sp³-hybridized carbons (Fsp3) is 0.423. The lowest BCUT2D eigenvalue weighted by Gasteiger charge is -2.40. The fourth-order valence-electron chi connectivity index (χ4n) is 4.47. The van der Waals surface area contributed by atoms with Gasteiger partial charge in [-0.15, -0.1) is 0 Å². The molecule has 2 N–H and O–H groups in total. The summed E-state index contributed by atoms with van der Waals surface area (Å²) in [5.74, 6) is -0.0633. The summed E-state index contributed by atoms with van der Waals surface area (Å²) >= 11 is 12.4. The molecule has 1 saturated heterocycles. The maximum atomic E-state index is 14.0. The van der Waals surface area contributed by atoms with E-state index in [2.05, 4.69) is 41.6 Å². The summed E-state index contributed by atoms with van der Waals surface area (Å²) in [4.78, 5) is 2.52. The van der Waals surface area contributed by atoms with Crippen LogP contribution in [0, 0.1) is 5.82 Å². The van der Waals surface area contributed by atoms with Gasteiger partial charge in [0.25, 0.3) is 0 Å². The van der Waals surface area contributed by atoms with Gasteiger partial charge in [0, 0.05) is 41.0 Å². The van der Waals surface area contributed by atoms with Gasteiger partial charge in [0.1, 0.15) is 17.7 Å². The van der Waals surface area contributed by atoms with Crippen molar-refractivity contribution in [3.8, 4) is 16.9 Å². The predicted molar refractivity (Wildman–Crippen MR) is 137 cm³/mol. The highest BCUT2D eigenvalue weighted by molar-refractivity contribution is 6.36. The maximum absolute atomic E-state index is 14.0. The summed E-state index contributed by atoms with van der Waals surface area (Å²) in [7, 11) is 0. The number of piperidine rings is 1. The van der Waals surface area contributed by atoms with Gasteiger partial charge in [-0.05, 0) is 70.4 Å². The Kier molecular flexibility index (Phi) is 7.13. The van der Waals surface area contributed by atoms with E-state index in [0.717, 1.165) is 37.1 Å². The molecule has 0 saturated carbocycles. The number of nitrogens with zero attached hydrogens (tertiary/aromatic N) is 3. The first-order chi connectivity index (χ1) is 16.0. The molecule has 0 bridgehead atoms. The second-order valence-electron chi connectivity index (χ2n) is 9.87. The first kappa shape index (κ1) is 24.8. The van der Waals surface area contributed by atoms with Crippen molar-refractivity contribution in [2.45, 2.75) is 58.2 Å². The third kappa shape index (κ3) is 5.19. The zero-order valence-corrected chi connectivity index (χ0v) is 21.5. The maximum Gasteiger partial charge on any atom is 0.143 e. The highest BCUT2D eigenvalue weighted by Gasteiger charge is 2.28. The molecule has 1 atom stereocenters. The van der Waals surface area contributed by atoms with Crippen LogP contribution in [0.2, 0.25) is 10.0 Å². The molecule has 0 amide bonds. The summed E-state index contributed by atoms with van der Waals surface area (Å²) in [6.45, 7) is 10.7. The monoisotopic (exact) mass is 504 g/mol. The van der Waals surface area contributed by atoms with Crippen molar-refractivity contribution in [1.29, 1.82) is 0 Å². The summed E-state index contributed by atoms with van der Waals surface area (Å²) in [5.41, 5.74) is 9.16. The largest absolute Gasteiger partial charge is 0.484 e. The van der Waals surface area contributed by atoms with Crippen LogP contribution < -0.4 is 10.5 Å². The standard InChI is InChI=1S/C26H31Cl2FN4O/c1-16(24-20(27)6-7-21(29)25(24)28)34-23-13-17(5-8-22(23)30)18-14-31-33(15-18)19-9-11-32(12-10-19)26(2,3)4/h5-8,13-16,19H,9-12,30H2,1-4H3/t16-/m1/s1. The Labute approximate surface area is 210 Å². The zero-order chi connectivity index (χ0) is 24.6. The highest BCUT2D eigenvalue weighted by atomic mass is 35.5. The van der Waals surface area contributed by atoms with E-state index in [4.69, 9.17) is 33.7 Å². The second-order valence-corrected chi connectivity index (χ2v) is 10.7. The Hall–Kier alpha value is -2.28. The van der Waals surface area contributed by atoms with E-state index < -0.39 is 11.9 Å². The van der Waals surface area contributed by atoms with Crippen LogP contribution in [0.25, 0.3) is 11.1 Å². The third-order valence-electron chi connectivity index (χ3n) is 6.53. The van der Waals surface area contributed by atoms with Gasteiger partial charge in [-0.25, -0.2) is 4.39 Å². The molecule has 182 valence electrons. The van der Waals surface area contributed by atoms with Crippen molar-refractivity contribution in [1.82, 2.24) is 14.7 Å². The number of benzene rings is 2. The van der Waals surface area contributed by atoms with Gasteiger partial charge >= 0.3 is 0 Å². The van der Waals surface area contributed by atoms with Gasteiger partial charge in [-0.3, -0.25) is 9.58 Å². The molecule has 1 fully saturated rings. The van der Waals surface area contributed by atoms with Crippen molar-refractivity contribution in [3.63, 3.8) is 0 Å². The normalized spacial score (nSPS) is 16.6. The van der Waals surface area contributed by atoms with E-state index in [1.54, 1.807) is 13.0 Å². The Balaban J connectivity index is 1.51. The molecule has 3 aromatic rings. The Morgan fingerprint density at radius 1 is 1.12 bits per heavy atom. The molecule has 5 nitrogen and oxygen atoms in total. The number of aromatic nitrogens is 2. The van der Waals surface area contributed by atoms with Gasteiger partial charge in [0.15, 0.2) is 0 Å². The number of rotatable bonds is 5. The van der Waals surface area contributed by atoms with E-state index in [1.165, 1.54) is 12.1 Å². The average Bonchev–Trinajstić information content (AvgIpc) is 3.28. The summed E-state index contributed by atoms with van der Waals surface area (Å²) in [5, 5.41) is 4.94.